The van der Waals surface area contributed by atoms with Crippen molar-refractivity contribution in [2.24, 2.45) is 11.8 Å². The molecule has 25 heavy (non-hydrogen) atoms. The van der Waals surface area contributed by atoms with Crippen molar-refractivity contribution >= 4 is 11.6 Å². The van der Waals surface area contributed by atoms with Crippen LogP contribution in [0.4, 0.5) is 5.69 Å². The number of fused-ring (bicyclic) bond motifs is 1. The summed E-state index contributed by atoms with van der Waals surface area (Å²) in [5, 5.41) is 3.39. The fourth-order valence-corrected chi connectivity index (χ4v) is 4.73. The highest BCUT2D eigenvalue weighted by Crippen LogP contribution is 2.46. The van der Waals surface area contributed by atoms with E-state index in [4.69, 9.17) is 0 Å². The Morgan fingerprint density at radius 2 is 1.64 bits per heavy atom. The molecule has 2 fully saturated rings. The van der Waals surface area contributed by atoms with Gasteiger partial charge in [0.05, 0.1) is 5.56 Å². The van der Waals surface area contributed by atoms with Crippen LogP contribution in [0.15, 0.2) is 24.3 Å². The van der Waals surface area contributed by atoms with E-state index in [9.17, 15) is 4.79 Å². The first-order valence-electron chi connectivity index (χ1n) is 9.77. The highest BCUT2D eigenvalue weighted by molar-refractivity contribution is 5.99. The molecule has 0 aliphatic heterocycles. The summed E-state index contributed by atoms with van der Waals surface area (Å²) in [5.41, 5.74) is 1.77. The molecule has 2 aliphatic carbocycles. The highest BCUT2D eigenvalue weighted by Gasteiger charge is 2.44. The van der Waals surface area contributed by atoms with Crippen LogP contribution >= 0.6 is 0 Å². The number of para-hydroxylation sites is 1. The maximum atomic E-state index is 13.1. The predicted octanol–water partition coefficient (Wildman–Crippen LogP) is 3.70. The van der Waals surface area contributed by atoms with Crippen LogP contribution in [-0.2, 0) is 0 Å². The van der Waals surface area contributed by atoms with Gasteiger partial charge in [-0.3, -0.25) is 4.79 Å². The number of nitrogens with one attached hydrogen (secondary N) is 1. The Hall–Kier alpha value is -1.55. The van der Waals surface area contributed by atoms with Crippen LogP contribution in [0.5, 0.6) is 0 Å². The second-order valence-electron chi connectivity index (χ2n) is 8.12. The van der Waals surface area contributed by atoms with Crippen LogP contribution in [-0.4, -0.2) is 55.5 Å². The van der Waals surface area contributed by atoms with Gasteiger partial charge in [0, 0.05) is 31.4 Å². The minimum Gasteiger partial charge on any atom is -0.384 e. The van der Waals surface area contributed by atoms with Crippen molar-refractivity contribution in [3.8, 4) is 0 Å². The fourth-order valence-electron chi connectivity index (χ4n) is 4.73. The van der Waals surface area contributed by atoms with Crippen LogP contribution in [0.3, 0.4) is 0 Å². The Balaban J connectivity index is 1.65. The van der Waals surface area contributed by atoms with E-state index in [1.54, 1.807) is 0 Å². The number of carbonyl (C=O) groups excluding carboxylic acids is 1. The molecule has 0 saturated heterocycles. The second-order valence-corrected chi connectivity index (χ2v) is 8.12. The predicted molar refractivity (Wildman–Crippen MR) is 104 cm³/mol. The highest BCUT2D eigenvalue weighted by atomic mass is 16.2. The summed E-state index contributed by atoms with van der Waals surface area (Å²) in [6, 6.07) is 9.05. The number of hydrogen-bond acceptors (Lipinski definition) is 3. The largest absolute Gasteiger partial charge is 0.384 e. The lowest BCUT2D eigenvalue weighted by Gasteiger charge is -2.28. The third kappa shape index (κ3) is 3.84. The number of benzene rings is 1. The molecule has 1 aromatic rings. The lowest BCUT2D eigenvalue weighted by Crippen LogP contribution is -2.37. The van der Waals surface area contributed by atoms with Gasteiger partial charge in [-0.2, -0.15) is 0 Å². The third-order valence-corrected chi connectivity index (χ3v) is 6.29. The second kappa shape index (κ2) is 7.77. The van der Waals surface area contributed by atoms with Gasteiger partial charge in [-0.1, -0.05) is 19.1 Å². The average molecular weight is 344 g/mol. The SMILES string of the molecule is CCCNc1ccccc1C(=O)N(C)C1C[C@H]2CC(N(C)C)C[C@H]2C1. The van der Waals surface area contributed by atoms with Crippen LogP contribution in [0.2, 0.25) is 0 Å². The molecule has 0 aromatic heterocycles. The Morgan fingerprint density at radius 3 is 2.24 bits per heavy atom. The van der Waals surface area contributed by atoms with Crippen LogP contribution in [0.1, 0.15) is 49.4 Å². The molecule has 1 aromatic carbocycles. The molecule has 2 aliphatic rings. The Labute approximate surface area is 152 Å². The summed E-state index contributed by atoms with van der Waals surface area (Å²) < 4.78 is 0. The van der Waals surface area contributed by atoms with Crippen LogP contribution in [0, 0.1) is 11.8 Å². The van der Waals surface area contributed by atoms with Crippen molar-refractivity contribution < 1.29 is 4.79 Å². The van der Waals surface area contributed by atoms with E-state index in [1.807, 2.05) is 36.2 Å². The smallest absolute Gasteiger partial charge is 0.255 e. The Bertz CT molecular complexity index is 587. The molecule has 0 bridgehead atoms. The van der Waals surface area contributed by atoms with Crippen molar-refractivity contribution in [1.29, 1.82) is 0 Å². The Morgan fingerprint density at radius 1 is 1.04 bits per heavy atom. The molecule has 0 radical (unpaired) electrons. The van der Waals surface area contributed by atoms with Crippen LogP contribution < -0.4 is 5.32 Å². The van der Waals surface area contributed by atoms with Gasteiger partial charge in [0.1, 0.15) is 0 Å². The molecule has 0 spiro atoms. The summed E-state index contributed by atoms with van der Waals surface area (Å²) in [6.45, 7) is 3.04. The first-order valence-corrected chi connectivity index (χ1v) is 9.77. The molecule has 3 rings (SSSR count). The standard InChI is InChI=1S/C21H33N3O/c1-5-10-22-20-9-7-6-8-19(20)21(25)24(4)18-13-15-11-17(23(2)3)12-16(15)14-18/h6-9,15-18,22H,5,10-14H2,1-4H3/t15-,16+,17?,18?. The summed E-state index contributed by atoms with van der Waals surface area (Å²) in [6.07, 6.45) is 5.98. The van der Waals surface area contributed by atoms with E-state index < -0.39 is 0 Å². The van der Waals surface area contributed by atoms with E-state index in [0.717, 1.165) is 42.1 Å². The number of hydrogen-bond donors (Lipinski definition) is 1. The topological polar surface area (TPSA) is 35.6 Å². The third-order valence-electron chi connectivity index (χ3n) is 6.29. The van der Waals surface area contributed by atoms with E-state index in [-0.39, 0.29) is 5.91 Å². The van der Waals surface area contributed by atoms with Gasteiger partial charge in [-0.05, 0) is 70.2 Å². The maximum absolute atomic E-state index is 13.1. The molecule has 2 saturated carbocycles. The normalized spacial score (nSPS) is 28.2. The zero-order valence-electron chi connectivity index (χ0n) is 16.2. The maximum Gasteiger partial charge on any atom is 0.255 e. The van der Waals surface area contributed by atoms with Crippen molar-refractivity contribution in [3.63, 3.8) is 0 Å². The van der Waals surface area contributed by atoms with Crippen molar-refractivity contribution in [2.75, 3.05) is 33.0 Å². The monoisotopic (exact) mass is 343 g/mol. The number of carbonyl (C=O) groups is 1. The lowest BCUT2D eigenvalue weighted by molar-refractivity contribution is 0.0727. The molecular weight excluding hydrogens is 310 g/mol. The molecule has 1 amide bonds. The van der Waals surface area contributed by atoms with Gasteiger partial charge in [0.25, 0.3) is 5.91 Å². The zero-order valence-corrected chi connectivity index (χ0v) is 16.2. The molecule has 4 heteroatoms. The number of nitrogens with zero attached hydrogens (tertiary/aromatic N) is 2. The molecule has 4 nitrogen and oxygen atoms in total. The van der Waals surface area contributed by atoms with Gasteiger partial charge in [-0.25, -0.2) is 0 Å². The molecule has 4 atom stereocenters. The molecule has 0 heterocycles. The molecular formula is C21H33N3O. The van der Waals surface area contributed by atoms with Crippen LogP contribution in [0.25, 0.3) is 0 Å². The van der Waals surface area contributed by atoms with E-state index in [1.165, 1.54) is 25.7 Å². The lowest BCUT2D eigenvalue weighted by atomic mass is 10.0. The minimum atomic E-state index is 0.160. The first-order chi connectivity index (χ1) is 12.0. The summed E-state index contributed by atoms with van der Waals surface area (Å²) in [4.78, 5) is 17.5. The quantitative estimate of drug-likeness (QED) is 0.855. The average Bonchev–Trinajstić information content (AvgIpc) is 3.18. The van der Waals surface area contributed by atoms with Gasteiger partial charge in [0.2, 0.25) is 0 Å². The zero-order chi connectivity index (χ0) is 18.0. The van der Waals surface area contributed by atoms with E-state index in [2.05, 4.69) is 31.2 Å². The summed E-state index contributed by atoms with van der Waals surface area (Å²) in [7, 11) is 6.38. The summed E-state index contributed by atoms with van der Waals surface area (Å²) >= 11 is 0. The van der Waals surface area contributed by atoms with E-state index >= 15 is 0 Å². The van der Waals surface area contributed by atoms with Crippen molar-refractivity contribution in [2.45, 2.75) is 51.1 Å². The van der Waals surface area contributed by atoms with Gasteiger partial charge in [0.15, 0.2) is 0 Å². The van der Waals surface area contributed by atoms with Gasteiger partial charge in [-0.15, -0.1) is 0 Å². The molecule has 138 valence electrons. The number of amides is 1. The van der Waals surface area contributed by atoms with Gasteiger partial charge >= 0.3 is 0 Å². The van der Waals surface area contributed by atoms with Crippen molar-refractivity contribution in [3.05, 3.63) is 29.8 Å². The fraction of sp³-hybridized carbons (Fsp3) is 0.667. The first kappa shape index (κ1) is 18.2. The summed E-state index contributed by atoms with van der Waals surface area (Å²) in [5.74, 6) is 1.75. The van der Waals surface area contributed by atoms with Gasteiger partial charge < -0.3 is 15.1 Å². The number of anilines is 1. The minimum absolute atomic E-state index is 0.160. The molecule has 1 N–H and O–H groups in total. The number of rotatable bonds is 6. The molecule has 2 unspecified atom stereocenters. The Kier molecular flexibility index (Phi) is 5.67. The van der Waals surface area contributed by atoms with Crippen molar-refractivity contribution in [1.82, 2.24) is 9.80 Å². The van der Waals surface area contributed by atoms with E-state index in [0.29, 0.717) is 6.04 Å².